The van der Waals surface area contributed by atoms with Crippen LogP contribution in [0.1, 0.15) is 75.2 Å². The summed E-state index contributed by atoms with van der Waals surface area (Å²) in [5.74, 6) is -0.763. The number of nitrogens with one attached hydrogen (secondary N) is 1. The molecular weight excluding hydrogens is 392 g/mol. The molecule has 0 spiro atoms. The fourth-order valence-corrected chi connectivity index (χ4v) is 4.31. The van der Waals surface area contributed by atoms with Gasteiger partial charge in [-0.2, -0.15) is 0 Å². The summed E-state index contributed by atoms with van der Waals surface area (Å²) in [5.41, 5.74) is 8.73. The van der Waals surface area contributed by atoms with Crippen molar-refractivity contribution in [1.82, 2.24) is 10.2 Å². The van der Waals surface area contributed by atoms with Gasteiger partial charge in [0.05, 0.1) is 0 Å². The van der Waals surface area contributed by atoms with E-state index in [1.807, 2.05) is 12.1 Å². The number of anilines is 1. The zero-order chi connectivity index (χ0) is 22.6. The third-order valence-electron chi connectivity index (χ3n) is 6.54. The van der Waals surface area contributed by atoms with Gasteiger partial charge in [-0.3, -0.25) is 19.7 Å². The number of carbonyl (C=O) groups is 3. The maximum absolute atomic E-state index is 13.1. The number of nitrogens with zero attached hydrogens (tertiary/aromatic N) is 2. The van der Waals surface area contributed by atoms with Crippen molar-refractivity contribution in [2.24, 2.45) is 11.1 Å². The van der Waals surface area contributed by atoms with Crippen LogP contribution in [0.2, 0.25) is 0 Å². The second-order valence-electron chi connectivity index (χ2n) is 9.52. The quantitative estimate of drug-likeness (QED) is 0.441. The molecule has 0 radical (unpaired) electrons. The number of hydrogen-bond acceptors (Lipinski definition) is 5. The summed E-state index contributed by atoms with van der Waals surface area (Å²) >= 11 is 0. The van der Waals surface area contributed by atoms with Gasteiger partial charge >= 0.3 is 0 Å². The van der Waals surface area contributed by atoms with Gasteiger partial charge in [0.2, 0.25) is 11.8 Å². The third kappa shape index (κ3) is 5.26. The van der Waals surface area contributed by atoms with E-state index < -0.39 is 6.04 Å². The first-order chi connectivity index (χ1) is 14.8. The normalized spacial score (nSPS) is 18.9. The number of fused-ring (bicyclic) bond motifs is 1. The van der Waals surface area contributed by atoms with Gasteiger partial charge in [-0.05, 0) is 43.4 Å². The first-order valence-electron chi connectivity index (χ1n) is 11.5. The molecule has 1 aromatic rings. The van der Waals surface area contributed by atoms with Crippen LogP contribution in [0.3, 0.4) is 0 Å². The molecule has 7 heteroatoms. The van der Waals surface area contributed by atoms with E-state index in [-0.39, 0.29) is 29.6 Å². The number of rotatable bonds is 10. The molecule has 2 aliphatic rings. The first-order valence-corrected chi connectivity index (χ1v) is 11.5. The van der Waals surface area contributed by atoms with Gasteiger partial charge in [-0.25, -0.2) is 0 Å². The Kier molecular flexibility index (Phi) is 7.36. The van der Waals surface area contributed by atoms with Crippen LogP contribution in [-0.4, -0.2) is 48.3 Å². The SMILES string of the molecule is CCCCCN(CCC(C)(C)CN)c1cccc2c1CN(C1CCC(=O)NC1=O)C2=O. The van der Waals surface area contributed by atoms with Crippen LogP contribution < -0.4 is 16.0 Å². The van der Waals surface area contributed by atoms with Gasteiger partial charge in [-0.15, -0.1) is 0 Å². The Morgan fingerprint density at radius 1 is 1.19 bits per heavy atom. The van der Waals surface area contributed by atoms with Crippen molar-refractivity contribution in [3.8, 4) is 0 Å². The predicted molar refractivity (Wildman–Crippen MR) is 122 cm³/mol. The summed E-state index contributed by atoms with van der Waals surface area (Å²) in [5, 5.41) is 2.37. The van der Waals surface area contributed by atoms with E-state index in [4.69, 9.17) is 5.73 Å². The molecular formula is C24H36N4O3. The van der Waals surface area contributed by atoms with Crippen molar-refractivity contribution >= 4 is 23.4 Å². The summed E-state index contributed by atoms with van der Waals surface area (Å²) in [7, 11) is 0. The maximum Gasteiger partial charge on any atom is 0.255 e. The highest BCUT2D eigenvalue weighted by molar-refractivity contribution is 6.06. The Hall–Kier alpha value is -2.41. The van der Waals surface area contributed by atoms with E-state index in [0.717, 1.165) is 50.0 Å². The van der Waals surface area contributed by atoms with Crippen LogP contribution in [0.25, 0.3) is 0 Å². The Balaban J connectivity index is 1.84. The van der Waals surface area contributed by atoms with Gasteiger partial charge in [0.25, 0.3) is 5.91 Å². The number of nitrogens with two attached hydrogens (primary N) is 1. The summed E-state index contributed by atoms with van der Waals surface area (Å²) < 4.78 is 0. The molecule has 3 amide bonds. The molecule has 1 saturated heterocycles. The van der Waals surface area contributed by atoms with Crippen molar-refractivity contribution in [3.63, 3.8) is 0 Å². The van der Waals surface area contributed by atoms with Crippen molar-refractivity contribution in [2.75, 3.05) is 24.5 Å². The molecule has 1 atom stereocenters. The standard InChI is InChI=1S/C24H36N4O3/c1-4-5-6-13-27(14-12-24(2,3)16-25)19-9-7-8-17-18(19)15-28(23(17)31)20-10-11-21(29)26-22(20)30/h7-9,20H,4-6,10-16,25H2,1-3H3,(H,26,29,30). The lowest BCUT2D eigenvalue weighted by Gasteiger charge is -2.32. The zero-order valence-corrected chi connectivity index (χ0v) is 19.1. The van der Waals surface area contributed by atoms with Gasteiger partial charge in [0, 0.05) is 42.9 Å². The van der Waals surface area contributed by atoms with Gasteiger partial charge in [0.1, 0.15) is 6.04 Å². The monoisotopic (exact) mass is 428 g/mol. The number of benzene rings is 1. The van der Waals surface area contributed by atoms with Crippen LogP contribution in [0, 0.1) is 5.41 Å². The van der Waals surface area contributed by atoms with Crippen molar-refractivity contribution in [3.05, 3.63) is 29.3 Å². The molecule has 2 heterocycles. The molecule has 0 saturated carbocycles. The van der Waals surface area contributed by atoms with Crippen LogP contribution in [-0.2, 0) is 16.1 Å². The largest absolute Gasteiger partial charge is 0.371 e. The number of carbonyl (C=O) groups excluding carboxylic acids is 3. The van der Waals surface area contributed by atoms with E-state index in [1.165, 1.54) is 0 Å². The molecule has 1 fully saturated rings. The van der Waals surface area contributed by atoms with Crippen molar-refractivity contribution < 1.29 is 14.4 Å². The molecule has 3 N–H and O–H groups in total. The first kappa shape index (κ1) is 23.3. The highest BCUT2D eigenvalue weighted by Crippen LogP contribution is 2.35. The molecule has 170 valence electrons. The van der Waals surface area contributed by atoms with Gasteiger partial charge in [0.15, 0.2) is 0 Å². The minimum Gasteiger partial charge on any atom is -0.371 e. The van der Waals surface area contributed by atoms with Crippen molar-refractivity contribution in [1.29, 1.82) is 0 Å². The minimum atomic E-state index is -0.588. The molecule has 0 aromatic heterocycles. The lowest BCUT2D eigenvalue weighted by atomic mass is 9.89. The summed E-state index contributed by atoms with van der Waals surface area (Å²) in [6.45, 7) is 9.39. The molecule has 0 bridgehead atoms. The predicted octanol–water partition coefficient (Wildman–Crippen LogP) is 2.82. The average Bonchev–Trinajstić information content (AvgIpc) is 3.07. The van der Waals surface area contributed by atoms with Crippen LogP contribution in [0.15, 0.2) is 18.2 Å². The highest BCUT2D eigenvalue weighted by atomic mass is 16.2. The lowest BCUT2D eigenvalue weighted by Crippen LogP contribution is -2.52. The van der Waals surface area contributed by atoms with Gasteiger partial charge in [-0.1, -0.05) is 39.7 Å². The second-order valence-corrected chi connectivity index (χ2v) is 9.52. The molecule has 0 aliphatic carbocycles. The van der Waals surface area contributed by atoms with Gasteiger partial charge < -0.3 is 15.5 Å². The molecule has 1 unspecified atom stereocenters. The second kappa shape index (κ2) is 9.81. The maximum atomic E-state index is 13.1. The number of imide groups is 1. The molecule has 2 aliphatic heterocycles. The Morgan fingerprint density at radius 3 is 2.65 bits per heavy atom. The van der Waals surface area contributed by atoms with Crippen LogP contribution in [0.5, 0.6) is 0 Å². The molecule has 7 nitrogen and oxygen atoms in total. The van der Waals surface area contributed by atoms with Crippen molar-refractivity contribution in [2.45, 2.75) is 71.9 Å². The summed E-state index contributed by atoms with van der Waals surface area (Å²) in [6, 6.07) is 5.28. The number of unbranched alkanes of at least 4 members (excludes halogenated alkanes) is 2. The number of piperidine rings is 1. The Labute approximate surface area is 185 Å². The van der Waals surface area contributed by atoms with Crippen LogP contribution >= 0.6 is 0 Å². The number of hydrogen-bond donors (Lipinski definition) is 2. The Morgan fingerprint density at radius 2 is 1.97 bits per heavy atom. The highest BCUT2D eigenvalue weighted by Gasteiger charge is 2.40. The fourth-order valence-electron chi connectivity index (χ4n) is 4.31. The van der Waals surface area contributed by atoms with E-state index in [1.54, 1.807) is 4.90 Å². The minimum absolute atomic E-state index is 0.0511. The molecule has 1 aromatic carbocycles. The summed E-state index contributed by atoms with van der Waals surface area (Å²) in [6.07, 6.45) is 5.01. The Bertz CT molecular complexity index is 836. The smallest absolute Gasteiger partial charge is 0.255 e. The van der Waals surface area contributed by atoms with E-state index >= 15 is 0 Å². The van der Waals surface area contributed by atoms with E-state index in [2.05, 4.69) is 37.1 Å². The lowest BCUT2D eigenvalue weighted by molar-refractivity contribution is -0.136. The molecule has 31 heavy (non-hydrogen) atoms. The van der Waals surface area contributed by atoms with Crippen LogP contribution in [0.4, 0.5) is 5.69 Å². The van der Waals surface area contributed by atoms with E-state index in [9.17, 15) is 14.4 Å². The number of amides is 3. The third-order valence-corrected chi connectivity index (χ3v) is 6.54. The average molecular weight is 429 g/mol. The van der Waals surface area contributed by atoms with E-state index in [0.29, 0.717) is 25.1 Å². The summed E-state index contributed by atoms with van der Waals surface area (Å²) in [4.78, 5) is 41.1. The fraction of sp³-hybridized carbons (Fsp3) is 0.625. The zero-order valence-electron chi connectivity index (χ0n) is 19.1. The molecule has 3 rings (SSSR count). The topological polar surface area (TPSA) is 95.7 Å².